The highest BCUT2D eigenvalue weighted by Crippen LogP contribution is 2.33. The lowest BCUT2D eigenvalue weighted by Gasteiger charge is -2.19. The molecule has 18 heavy (non-hydrogen) atoms. The van der Waals surface area contributed by atoms with Crippen molar-refractivity contribution in [3.63, 3.8) is 0 Å². The lowest BCUT2D eigenvalue weighted by molar-refractivity contribution is 0.633. The van der Waals surface area contributed by atoms with Crippen LogP contribution >= 0.6 is 38.9 Å². The molecule has 0 unspecified atom stereocenters. The Balaban J connectivity index is 2.29. The minimum atomic E-state index is 0.0125. The number of nitrogens with one attached hydrogen (secondary N) is 1. The Hall–Kier alpha value is -0.580. The molecular formula is C13H14BrClN2S. The third-order valence-electron chi connectivity index (χ3n) is 2.19. The second-order valence-corrected chi connectivity index (χ2v) is 7.22. The van der Waals surface area contributed by atoms with E-state index in [2.05, 4.69) is 47.0 Å². The normalized spacial score (nSPS) is 11.6. The maximum absolute atomic E-state index is 6.22. The van der Waals surface area contributed by atoms with Crippen LogP contribution in [0.15, 0.2) is 28.1 Å². The first-order chi connectivity index (χ1) is 8.35. The van der Waals surface area contributed by atoms with Gasteiger partial charge in [0, 0.05) is 21.0 Å². The Morgan fingerprint density at radius 2 is 2.06 bits per heavy atom. The van der Waals surface area contributed by atoms with Gasteiger partial charge < -0.3 is 5.32 Å². The number of aromatic nitrogens is 1. The van der Waals surface area contributed by atoms with Gasteiger partial charge in [0.25, 0.3) is 0 Å². The molecule has 1 aromatic carbocycles. The molecule has 0 fully saturated rings. The molecule has 0 spiro atoms. The van der Waals surface area contributed by atoms with E-state index in [0.29, 0.717) is 5.02 Å². The number of benzene rings is 1. The largest absolute Gasteiger partial charge is 0.357 e. The van der Waals surface area contributed by atoms with Crippen molar-refractivity contribution in [1.29, 1.82) is 0 Å². The van der Waals surface area contributed by atoms with Gasteiger partial charge in [-0.15, -0.1) is 11.3 Å². The highest BCUT2D eigenvalue weighted by molar-refractivity contribution is 9.10. The highest BCUT2D eigenvalue weighted by atomic mass is 79.9. The van der Waals surface area contributed by atoms with Crippen molar-refractivity contribution in [2.24, 2.45) is 0 Å². The fourth-order valence-corrected chi connectivity index (χ4v) is 3.16. The summed E-state index contributed by atoms with van der Waals surface area (Å²) in [6.45, 7) is 6.34. The molecule has 2 rings (SSSR count). The van der Waals surface area contributed by atoms with Crippen LogP contribution < -0.4 is 5.32 Å². The van der Waals surface area contributed by atoms with Crippen molar-refractivity contribution >= 4 is 44.0 Å². The fourth-order valence-electron chi connectivity index (χ4n) is 1.47. The topological polar surface area (TPSA) is 24.9 Å². The Bertz CT molecular complexity index is 560. The van der Waals surface area contributed by atoms with E-state index < -0.39 is 0 Å². The lowest BCUT2D eigenvalue weighted by atomic mass is 10.1. The summed E-state index contributed by atoms with van der Waals surface area (Å²) in [6.07, 6.45) is 0. The van der Waals surface area contributed by atoms with E-state index in [1.165, 1.54) is 0 Å². The van der Waals surface area contributed by atoms with Crippen LogP contribution in [-0.4, -0.2) is 10.5 Å². The Labute approximate surface area is 125 Å². The summed E-state index contributed by atoms with van der Waals surface area (Å²) >= 11 is 11.2. The Morgan fingerprint density at radius 3 is 2.67 bits per heavy atom. The van der Waals surface area contributed by atoms with Gasteiger partial charge in [-0.05, 0) is 32.9 Å². The van der Waals surface area contributed by atoms with Crippen molar-refractivity contribution in [3.05, 3.63) is 33.1 Å². The second-order valence-electron chi connectivity index (χ2n) is 5.04. The minimum Gasteiger partial charge on any atom is -0.357 e. The standard InChI is InChI=1S/C13H14BrClN2S/c1-13(2,3)17-12-16-11(7-18-12)9-5-4-8(14)6-10(9)15/h4-7H,1-3H3,(H,16,17). The van der Waals surface area contributed by atoms with Crippen LogP contribution in [0.5, 0.6) is 0 Å². The van der Waals surface area contributed by atoms with Crippen molar-refractivity contribution in [3.8, 4) is 11.3 Å². The van der Waals surface area contributed by atoms with Gasteiger partial charge in [0.05, 0.1) is 10.7 Å². The average molecular weight is 346 g/mol. The van der Waals surface area contributed by atoms with Gasteiger partial charge in [-0.2, -0.15) is 0 Å². The number of thiazole rings is 1. The smallest absolute Gasteiger partial charge is 0.183 e. The molecule has 0 saturated carbocycles. The monoisotopic (exact) mass is 344 g/mol. The number of nitrogens with zero attached hydrogens (tertiary/aromatic N) is 1. The molecule has 2 nitrogen and oxygen atoms in total. The fraction of sp³-hybridized carbons (Fsp3) is 0.308. The predicted molar refractivity (Wildman–Crippen MR) is 83.6 cm³/mol. The first-order valence-corrected chi connectivity index (χ1v) is 7.59. The molecule has 1 aromatic heterocycles. The summed E-state index contributed by atoms with van der Waals surface area (Å²) in [7, 11) is 0. The summed E-state index contributed by atoms with van der Waals surface area (Å²) in [5, 5.41) is 6.99. The molecule has 0 aliphatic heterocycles. The van der Waals surface area contributed by atoms with Crippen molar-refractivity contribution in [1.82, 2.24) is 4.98 Å². The van der Waals surface area contributed by atoms with E-state index >= 15 is 0 Å². The van der Waals surface area contributed by atoms with Crippen LogP contribution in [0.2, 0.25) is 5.02 Å². The van der Waals surface area contributed by atoms with Gasteiger partial charge in [0.2, 0.25) is 0 Å². The number of hydrogen-bond acceptors (Lipinski definition) is 3. The average Bonchev–Trinajstić information content (AvgIpc) is 2.63. The van der Waals surface area contributed by atoms with Crippen molar-refractivity contribution in [2.45, 2.75) is 26.3 Å². The molecule has 1 N–H and O–H groups in total. The number of halogens is 2. The summed E-state index contributed by atoms with van der Waals surface area (Å²) < 4.78 is 0.972. The molecule has 0 aliphatic carbocycles. The Kier molecular flexibility index (Phi) is 3.99. The summed E-state index contributed by atoms with van der Waals surface area (Å²) in [5.74, 6) is 0. The van der Waals surface area contributed by atoms with E-state index in [9.17, 15) is 0 Å². The molecule has 1 heterocycles. The molecule has 0 amide bonds. The quantitative estimate of drug-likeness (QED) is 0.784. The molecule has 0 bridgehead atoms. The first-order valence-electron chi connectivity index (χ1n) is 5.54. The molecule has 0 atom stereocenters. The van der Waals surface area contributed by atoms with Crippen LogP contribution in [0.25, 0.3) is 11.3 Å². The third-order valence-corrected chi connectivity index (χ3v) is 3.76. The maximum atomic E-state index is 6.22. The zero-order valence-corrected chi connectivity index (χ0v) is 13.6. The SMILES string of the molecule is CC(C)(C)Nc1nc(-c2ccc(Br)cc2Cl)cs1. The molecule has 0 saturated heterocycles. The van der Waals surface area contributed by atoms with E-state index in [0.717, 1.165) is 20.9 Å². The summed E-state index contributed by atoms with van der Waals surface area (Å²) in [6, 6.07) is 5.83. The van der Waals surface area contributed by atoms with Crippen LogP contribution in [0.1, 0.15) is 20.8 Å². The van der Waals surface area contributed by atoms with Gasteiger partial charge in [0.15, 0.2) is 5.13 Å². The molecule has 0 radical (unpaired) electrons. The third kappa shape index (κ3) is 3.46. The maximum Gasteiger partial charge on any atom is 0.183 e. The number of hydrogen-bond donors (Lipinski definition) is 1. The van der Waals surface area contributed by atoms with E-state index in [1.807, 2.05) is 23.6 Å². The molecule has 96 valence electrons. The Morgan fingerprint density at radius 1 is 1.33 bits per heavy atom. The minimum absolute atomic E-state index is 0.0125. The van der Waals surface area contributed by atoms with E-state index in [4.69, 9.17) is 11.6 Å². The molecule has 5 heteroatoms. The number of anilines is 1. The highest BCUT2D eigenvalue weighted by Gasteiger charge is 2.13. The van der Waals surface area contributed by atoms with Gasteiger partial charge in [-0.3, -0.25) is 0 Å². The lowest BCUT2D eigenvalue weighted by Crippen LogP contribution is -2.25. The van der Waals surface area contributed by atoms with E-state index in [1.54, 1.807) is 11.3 Å². The summed E-state index contributed by atoms with van der Waals surface area (Å²) in [4.78, 5) is 4.56. The predicted octanol–water partition coefficient (Wildman–Crippen LogP) is 5.44. The van der Waals surface area contributed by atoms with Crippen LogP contribution in [0.4, 0.5) is 5.13 Å². The van der Waals surface area contributed by atoms with Crippen molar-refractivity contribution < 1.29 is 0 Å². The second kappa shape index (κ2) is 5.19. The van der Waals surface area contributed by atoms with Crippen LogP contribution in [0.3, 0.4) is 0 Å². The molecule has 0 aliphatic rings. The van der Waals surface area contributed by atoms with Crippen molar-refractivity contribution in [2.75, 3.05) is 5.32 Å². The van der Waals surface area contributed by atoms with Gasteiger partial charge in [-0.25, -0.2) is 4.98 Å². The van der Waals surface area contributed by atoms with Crippen LogP contribution in [0, 0.1) is 0 Å². The zero-order chi connectivity index (χ0) is 13.3. The molecule has 2 aromatic rings. The van der Waals surface area contributed by atoms with Crippen LogP contribution in [-0.2, 0) is 0 Å². The first kappa shape index (κ1) is 13.8. The number of rotatable bonds is 2. The van der Waals surface area contributed by atoms with Gasteiger partial charge in [0.1, 0.15) is 0 Å². The van der Waals surface area contributed by atoms with E-state index in [-0.39, 0.29) is 5.54 Å². The zero-order valence-electron chi connectivity index (χ0n) is 10.4. The summed E-state index contributed by atoms with van der Waals surface area (Å²) in [5.41, 5.74) is 1.88. The molecular weight excluding hydrogens is 332 g/mol. The van der Waals surface area contributed by atoms with Gasteiger partial charge >= 0.3 is 0 Å². The van der Waals surface area contributed by atoms with Gasteiger partial charge in [-0.1, -0.05) is 33.6 Å².